The van der Waals surface area contributed by atoms with E-state index in [4.69, 9.17) is 10.5 Å². The Morgan fingerprint density at radius 1 is 1.15 bits per heavy atom. The first-order valence-electron chi connectivity index (χ1n) is 5.83. The highest BCUT2D eigenvalue weighted by molar-refractivity contribution is 7.90. The molecule has 4 nitrogen and oxygen atoms in total. The van der Waals surface area contributed by atoms with Crippen LogP contribution in [0.4, 0.5) is 10.1 Å². The molecule has 20 heavy (non-hydrogen) atoms. The zero-order valence-electron chi connectivity index (χ0n) is 10.8. The Balaban J connectivity index is 2.30. The van der Waals surface area contributed by atoms with Crippen LogP contribution in [-0.4, -0.2) is 15.5 Å². The number of nitrogen functional groups attached to an aromatic ring is 1. The zero-order chi connectivity index (χ0) is 14.8. The second-order valence-corrected chi connectivity index (χ2v) is 6.28. The maximum atomic E-state index is 13.7. The largest absolute Gasteiger partial charge is 0.497 e. The molecule has 6 heteroatoms. The highest BCUT2D eigenvalue weighted by Gasteiger charge is 2.17. The van der Waals surface area contributed by atoms with Crippen LogP contribution < -0.4 is 10.5 Å². The molecule has 0 spiro atoms. The molecule has 0 aliphatic carbocycles. The summed E-state index contributed by atoms with van der Waals surface area (Å²) in [6.45, 7) is 0. The molecule has 2 aromatic carbocycles. The van der Waals surface area contributed by atoms with Crippen molar-refractivity contribution in [3.05, 3.63) is 53.8 Å². The predicted octanol–water partition coefficient (Wildman–Crippen LogP) is 2.39. The lowest BCUT2D eigenvalue weighted by atomic mass is 10.2. The van der Waals surface area contributed by atoms with E-state index in [0.717, 1.165) is 6.07 Å². The molecule has 0 atom stereocenters. The van der Waals surface area contributed by atoms with Gasteiger partial charge in [-0.05, 0) is 36.4 Å². The van der Waals surface area contributed by atoms with E-state index in [-0.39, 0.29) is 16.1 Å². The molecule has 0 radical (unpaired) electrons. The van der Waals surface area contributed by atoms with Gasteiger partial charge in [0.2, 0.25) is 0 Å². The van der Waals surface area contributed by atoms with E-state index in [1.165, 1.54) is 31.4 Å². The third-order valence-electron chi connectivity index (χ3n) is 2.84. The maximum absolute atomic E-state index is 13.7. The van der Waals surface area contributed by atoms with Crippen LogP contribution in [0.3, 0.4) is 0 Å². The highest BCUT2D eigenvalue weighted by atomic mass is 32.2. The summed E-state index contributed by atoms with van der Waals surface area (Å²) >= 11 is 0. The second-order valence-electron chi connectivity index (χ2n) is 4.29. The summed E-state index contributed by atoms with van der Waals surface area (Å²) in [5.41, 5.74) is 5.78. The van der Waals surface area contributed by atoms with E-state index in [9.17, 15) is 12.8 Å². The van der Waals surface area contributed by atoms with Gasteiger partial charge < -0.3 is 10.5 Å². The number of benzene rings is 2. The number of sulfone groups is 1. The summed E-state index contributed by atoms with van der Waals surface area (Å²) in [6.07, 6.45) is 0. The Morgan fingerprint density at radius 3 is 2.35 bits per heavy atom. The lowest BCUT2D eigenvalue weighted by Crippen LogP contribution is -2.07. The van der Waals surface area contributed by atoms with E-state index >= 15 is 0 Å². The molecule has 0 aliphatic heterocycles. The number of methoxy groups -OCH3 is 1. The molecule has 2 aromatic rings. The van der Waals surface area contributed by atoms with Crippen molar-refractivity contribution < 1.29 is 17.5 Å². The summed E-state index contributed by atoms with van der Waals surface area (Å²) in [5.74, 6) is -0.476. The van der Waals surface area contributed by atoms with E-state index in [2.05, 4.69) is 0 Å². The van der Waals surface area contributed by atoms with Crippen LogP contribution in [0.2, 0.25) is 0 Å². The molecular formula is C14H14FNO3S. The van der Waals surface area contributed by atoms with Crippen LogP contribution in [0.1, 0.15) is 5.56 Å². The van der Waals surface area contributed by atoms with Crippen molar-refractivity contribution >= 4 is 15.5 Å². The van der Waals surface area contributed by atoms with Gasteiger partial charge in [-0.1, -0.05) is 6.07 Å². The average molecular weight is 295 g/mol. The van der Waals surface area contributed by atoms with Crippen LogP contribution in [0.5, 0.6) is 5.75 Å². The third-order valence-corrected chi connectivity index (χ3v) is 4.52. The van der Waals surface area contributed by atoms with Crippen molar-refractivity contribution in [2.45, 2.75) is 10.6 Å². The van der Waals surface area contributed by atoms with Gasteiger partial charge in [0.25, 0.3) is 0 Å². The minimum absolute atomic E-state index is 0.0926. The maximum Gasteiger partial charge on any atom is 0.182 e. The fraction of sp³-hybridized carbons (Fsp3) is 0.143. The Morgan fingerprint density at radius 2 is 1.80 bits per heavy atom. The molecule has 2 rings (SSSR count). The molecule has 106 valence electrons. The van der Waals surface area contributed by atoms with Gasteiger partial charge in [0.1, 0.15) is 11.6 Å². The van der Waals surface area contributed by atoms with Gasteiger partial charge in [0, 0.05) is 11.3 Å². The van der Waals surface area contributed by atoms with Gasteiger partial charge in [-0.2, -0.15) is 0 Å². The molecule has 2 N–H and O–H groups in total. The number of hydrogen-bond donors (Lipinski definition) is 1. The van der Waals surface area contributed by atoms with Gasteiger partial charge in [0.15, 0.2) is 9.84 Å². The number of anilines is 1. The third kappa shape index (κ3) is 3.08. The topological polar surface area (TPSA) is 69.4 Å². The quantitative estimate of drug-likeness (QED) is 0.879. The van der Waals surface area contributed by atoms with E-state index in [1.54, 1.807) is 12.1 Å². The molecule has 0 saturated carbocycles. The Hall–Kier alpha value is -2.08. The summed E-state index contributed by atoms with van der Waals surface area (Å²) in [6, 6.07) is 9.93. The summed E-state index contributed by atoms with van der Waals surface area (Å²) in [7, 11) is -2.12. The molecule has 0 saturated heterocycles. The van der Waals surface area contributed by atoms with Crippen molar-refractivity contribution in [2.24, 2.45) is 0 Å². The molecule has 0 bridgehead atoms. The molecular weight excluding hydrogens is 281 g/mol. The van der Waals surface area contributed by atoms with Crippen LogP contribution in [0.15, 0.2) is 47.4 Å². The average Bonchev–Trinajstić information content (AvgIpc) is 2.42. The normalized spacial score (nSPS) is 11.3. The standard InChI is InChI=1S/C14H14FNO3S/c1-19-12-4-6-13(7-5-12)20(17,18)9-10-2-3-11(16)8-14(10)15/h2-8H,9,16H2,1H3. The number of halogens is 1. The van der Waals surface area contributed by atoms with Crippen LogP contribution in [0.25, 0.3) is 0 Å². The molecule has 0 fully saturated rings. The van der Waals surface area contributed by atoms with Crippen molar-refractivity contribution in [1.29, 1.82) is 0 Å². The summed E-state index contributed by atoms with van der Waals surface area (Å²) < 4.78 is 43.0. The zero-order valence-corrected chi connectivity index (χ0v) is 11.7. The van der Waals surface area contributed by atoms with Gasteiger partial charge >= 0.3 is 0 Å². The number of rotatable bonds is 4. The Labute approximate surface area is 116 Å². The summed E-state index contributed by atoms with van der Waals surface area (Å²) in [5, 5.41) is 0. The fourth-order valence-corrected chi connectivity index (χ4v) is 3.11. The van der Waals surface area contributed by atoms with Gasteiger partial charge in [-0.15, -0.1) is 0 Å². The van der Waals surface area contributed by atoms with Gasteiger partial charge in [-0.3, -0.25) is 0 Å². The lowest BCUT2D eigenvalue weighted by Gasteiger charge is -2.07. The number of ether oxygens (including phenoxy) is 1. The first kappa shape index (κ1) is 14.3. The SMILES string of the molecule is COc1ccc(S(=O)(=O)Cc2ccc(N)cc2F)cc1. The van der Waals surface area contributed by atoms with E-state index in [0.29, 0.717) is 5.75 Å². The minimum Gasteiger partial charge on any atom is -0.497 e. The molecule has 0 aromatic heterocycles. The van der Waals surface area contributed by atoms with Crippen LogP contribution >= 0.6 is 0 Å². The fourth-order valence-electron chi connectivity index (χ4n) is 1.75. The van der Waals surface area contributed by atoms with Gasteiger partial charge in [-0.25, -0.2) is 12.8 Å². The monoisotopic (exact) mass is 295 g/mol. The number of hydrogen-bond acceptors (Lipinski definition) is 4. The van der Waals surface area contributed by atoms with Crippen LogP contribution in [-0.2, 0) is 15.6 Å². The summed E-state index contributed by atoms with van der Waals surface area (Å²) in [4.78, 5) is 0.120. The highest BCUT2D eigenvalue weighted by Crippen LogP contribution is 2.21. The first-order chi connectivity index (χ1) is 9.42. The van der Waals surface area contributed by atoms with E-state index < -0.39 is 21.4 Å². The second kappa shape index (κ2) is 5.50. The molecule has 0 amide bonds. The van der Waals surface area contributed by atoms with E-state index in [1.807, 2.05) is 0 Å². The van der Waals surface area contributed by atoms with Crippen molar-refractivity contribution in [1.82, 2.24) is 0 Å². The first-order valence-corrected chi connectivity index (χ1v) is 7.48. The molecule has 0 aliphatic rings. The smallest absolute Gasteiger partial charge is 0.182 e. The number of nitrogens with two attached hydrogens (primary N) is 1. The Bertz CT molecular complexity index is 712. The molecule has 0 unspecified atom stereocenters. The van der Waals surface area contributed by atoms with Crippen molar-refractivity contribution in [3.63, 3.8) is 0 Å². The van der Waals surface area contributed by atoms with Crippen molar-refractivity contribution in [2.75, 3.05) is 12.8 Å². The predicted molar refractivity (Wildman–Crippen MR) is 74.7 cm³/mol. The Kier molecular flexibility index (Phi) is 3.94. The minimum atomic E-state index is -3.61. The molecule has 0 heterocycles. The van der Waals surface area contributed by atoms with Gasteiger partial charge in [0.05, 0.1) is 17.8 Å². The lowest BCUT2D eigenvalue weighted by molar-refractivity contribution is 0.414. The van der Waals surface area contributed by atoms with Crippen molar-refractivity contribution in [3.8, 4) is 5.75 Å². The van der Waals surface area contributed by atoms with Crippen LogP contribution in [0, 0.1) is 5.82 Å².